The molecular weight excluding hydrogens is 205 g/mol. The molecule has 7 heteroatoms. The van der Waals surface area contributed by atoms with Gasteiger partial charge in [-0.3, -0.25) is 0 Å². The molecule has 0 heterocycles. The van der Waals surface area contributed by atoms with Crippen LogP contribution in [0.25, 0.3) is 0 Å². The molecule has 0 fully saturated rings. The van der Waals surface area contributed by atoms with Crippen molar-refractivity contribution in [1.82, 2.24) is 0 Å². The smallest absolute Gasteiger partial charge is 0.195 e. The fraction of sp³-hybridized carbons (Fsp3) is 0.500. The Morgan fingerprint density at radius 1 is 0.846 bits per heavy atom. The Hall–Kier alpha value is -0.750. The van der Waals surface area contributed by atoms with Crippen LogP contribution in [0.4, 0.5) is 30.7 Å². The number of hydrogen-bond donors (Lipinski definition) is 0. The zero-order valence-corrected chi connectivity index (χ0v) is 6.01. The summed E-state index contributed by atoms with van der Waals surface area (Å²) in [5.74, 6) is -11.3. The summed E-state index contributed by atoms with van der Waals surface area (Å²) in [6.07, 6.45) is -6.70. The quantitative estimate of drug-likeness (QED) is 0.612. The molecule has 0 aliphatic rings. The van der Waals surface area contributed by atoms with Crippen molar-refractivity contribution in [2.45, 2.75) is 18.0 Å². The van der Waals surface area contributed by atoms with Crippen molar-refractivity contribution < 1.29 is 30.7 Å². The molecule has 77 valence electrons. The van der Waals surface area contributed by atoms with Gasteiger partial charge in [-0.05, 0) is 13.0 Å². The summed E-state index contributed by atoms with van der Waals surface area (Å²) in [7, 11) is 0. The van der Waals surface area contributed by atoms with E-state index in [0.29, 0.717) is 0 Å². The number of rotatable bonds is 2. The molecule has 0 rings (SSSR count). The van der Waals surface area contributed by atoms with Gasteiger partial charge in [-0.1, -0.05) is 6.08 Å². The standard InChI is InChI=1S/C6H4F7/c1-2-3-4(7,8)5(9,10)6(11,12)13/h2-3H,1H2. The topological polar surface area (TPSA) is 0 Å². The van der Waals surface area contributed by atoms with Gasteiger partial charge < -0.3 is 0 Å². The van der Waals surface area contributed by atoms with Gasteiger partial charge in [0.1, 0.15) is 0 Å². The third-order valence-corrected chi connectivity index (χ3v) is 1.10. The summed E-state index contributed by atoms with van der Waals surface area (Å²) in [6, 6.07) is 0. The molecule has 0 aliphatic carbocycles. The van der Waals surface area contributed by atoms with Gasteiger partial charge in [-0.2, -0.15) is 30.7 Å². The third kappa shape index (κ3) is 2.13. The Morgan fingerprint density at radius 3 is 1.46 bits per heavy atom. The van der Waals surface area contributed by atoms with Crippen molar-refractivity contribution in [3.8, 4) is 0 Å². The lowest BCUT2D eigenvalue weighted by Gasteiger charge is -2.25. The number of halogens is 7. The zero-order chi connectivity index (χ0) is 10.9. The number of alkyl halides is 7. The summed E-state index contributed by atoms with van der Waals surface area (Å²) < 4.78 is 82.2. The van der Waals surface area contributed by atoms with E-state index in [-0.39, 0.29) is 6.08 Å². The van der Waals surface area contributed by atoms with Crippen molar-refractivity contribution in [3.63, 3.8) is 0 Å². The van der Waals surface area contributed by atoms with E-state index in [1.807, 2.05) is 0 Å². The normalized spacial score (nSPS) is 15.4. The third-order valence-electron chi connectivity index (χ3n) is 1.10. The molecule has 0 N–H and O–H groups in total. The predicted octanol–water partition coefficient (Wildman–Crippen LogP) is 3.21. The number of allylic oxidation sites excluding steroid dienone is 2. The fourth-order valence-electron chi connectivity index (χ4n) is 0.442. The van der Waals surface area contributed by atoms with Gasteiger partial charge in [0.05, 0.1) is 0 Å². The molecule has 0 aromatic rings. The molecule has 0 spiro atoms. The van der Waals surface area contributed by atoms with Crippen molar-refractivity contribution in [2.24, 2.45) is 0 Å². The fourth-order valence-corrected chi connectivity index (χ4v) is 0.442. The molecule has 0 aromatic heterocycles. The molecule has 0 saturated heterocycles. The largest absolute Gasteiger partial charge is 0.460 e. The van der Waals surface area contributed by atoms with Crippen molar-refractivity contribution in [2.75, 3.05) is 0 Å². The second-order valence-electron chi connectivity index (χ2n) is 2.10. The maximum atomic E-state index is 12.1. The molecule has 0 nitrogen and oxygen atoms in total. The Morgan fingerprint density at radius 2 is 1.23 bits per heavy atom. The van der Waals surface area contributed by atoms with Crippen LogP contribution in [0.15, 0.2) is 12.2 Å². The highest BCUT2D eigenvalue weighted by Gasteiger charge is 2.71. The highest BCUT2D eigenvalue weighted by Crippen LogP contribution is 2.46. The maximum Gasteiger partial charge on any atom is 0.460 e. The van der Waals surface area contributed by atoms with E-state index in [9.17, 15) is 30.7 Å². The maximum absolute atomic E-state index is 12.1. The highest BCUT2D eigenvalue weighted by atomic mass is 19.4. The highest BCUT2D eigenvalue weighted by molar-refractivity contribution is 5.06. The van der Waals surface area contributed by atoms with Crippen LogP contribution in [0.5, 0.6) is 0 Å². The summed E-state index contributed by atoms with van der Waals surface area (Å²) in [5, 5.41) is 0. The molecule has 0 aliphatic heterocycles. The van der Waals surface area contributed by atoms with E-state index >= 15 is 0 Å². The van der Waals surface area contributed by atoms with Crippen molar-refractivity contribution in [1.29, 1.82) is 0 Å². The molecule has 0 atom stereocenters. The van der Waals surface area contributed by atoms with Gasteiger partial charge in [0.2, 0.25) is 0 Å². The molecule has 0 saturated carbocycles. The SMILES string of the molecule is [CH2]C=CC(F)(F)C(F)(F)C(F)(F)F. The second kappa shape index (κ2) is 3.19. The first-order valence-electron chi connectivity index (χ1n) is 2.85. The lowest BCUT2D eigenvalue weighted by molar-refractivity contribution is -0.341. The first-order chi connectivity index (χ1) is 5.56. The first kappa shape index (κ1) is 12.2. The Balaban J connectivity index is 5.03. The van der Waals surface area contributed by atoms with Crippen molar-refractivity contribution in [3.05, 3.63) is 19.1 Å². The van der Waals surface area contributed by atoms with Gasteiger partial charge in [0.25, 0.3) is 0 Å². The van der Waals surface area contributed by atoms with Crippen LogP contribution in [0, 0.1) is 6.92 Å². The van der Waals surface area contributed by atoms with E-state index in [4.69, 9.17) is 0 Å². The van der Waals surface area contributed by atoms with Crippen LogP contribution in [0.3, 0.4) is 0 Å². The summed E-state index contributed by atoms with van der Waals surface area (Å²) in [5.41, 5.74) is 0. The van der Waals surface area contributed by atoms with E-state index in [2.05, 4.69) is 6.92 Å². The monoisotopic (exact) mass is 209 g/mol. The number of hydrogen-bond acceptors (Lipinski definition) is 0. The van der Waals surface area contributed by atoms with Gasteiger partial charge in [-0.25, -0.2) is 0 Å². The minimum atomic E-state index is -6.28. The summed E-state index contributed by atoms with van der Waals surface area (Å²) in [6.45, 7) is 2.61. The minimum absolute atomic E-state index is 0.180. The molecule has 0 bridgehead atoms. The average molecular weight is 209 g/mol. The lowest BCUT2D eigenvalue weighted by Crippen LogP contribution is -2.50. The Labute approximate surface area is 69.0 Å². The zero-order valence-electron chi connectivity index (χ0n) is 6.01. The predicted molar refractivity (Wildman–Crippen MR) is 30.4 cm³/mol. The Kier molecular flexibility index (Phi) is 3.01. The van der Waals surface area contributed by atoms with Crippen LogP contribution >= 0.6 is 0 Å². The second-order valence-corrected chi connectivity index (χ2v) is 2.10. The van der Waals surface area contributed by atoms with E-state index in [1.165, 1.54) is 0 Å². The molecule has 13 heavy (non-hydrogen) atoms. The average Bonchev–Trinajstić information content (AvgIpc) is 1.84. The van der Waals surface area contributed by atoms with Gasteiger partial charge in [-0.15, -0.1) is 0 Å². The molecular formula is C6H4F7. The van der Waals surface area contributed by atoms with Crippen LogP contribution in [0.2, 0.25) is 0 Å². The molecule has 1 radical (unpaired) electrons. The van der Waals surface area contributed by atoms with Gasteiger partial charge in [0.15, 0.2) is 0 Å². The van der Waals surface area contributed by atoms with Crippen LogP contribution in [0.1, 0.15) is 0 Å². The van der Waals surface area contributed by atoms with E-state index in [0.717, 1.165) is 0 Å². The van der Waals surface area contributed by atoms with Crippen LogP contribution in [-0.2, 0) is 0 Å². The summed E-state index contributed by atoms with van der Waals surface area (Å²) in [4.78, 5) is 0. The molecule has 0 amide bonds. The minimum Gasteiger partial charge on any atom is -0.195 e. The lowest BCUT2D eigenvalue weighted by atomic mass is 10.1. The van der Waals surface area contributed by atoms with Crippen LogP contribution < -0.4 is 0 Å². The van der Waals surface area contributed by atoms with E-state index in [1.54, 1.807) is 0 Å². The summed E-state index contributed by atoms with van der Waals surface area (Å²) >= 11 is 0. The van der Waals surface area contributed by atoms with E-state index < -0.39 is 24.1 Å². The van der Waals surface area contributed by atoms with Crippen molar-refractivity contribution >= 4 is 0 Å². The first-order valence-corrected chi connectivity index (χ1v) is 2.85. The Bertz CT molecular complexity index is 200. The van der Waals surface area contributed by atoms with Gasteiger partial charge >= 0.3 is 18.0 Å². The van der Waals surface area contributed by atoms with Gasteiger partial charge in [0, 0.05) is 0 Å². The molecule has 0 unspecified atom stereocenters. The van der Waals surface area contributed by atoms with Crippen LogP contribution in [-0.4, -0.2) is 18.0 Å². The molecule has 0 aromatic carbocycles.